The van der Waals surface area contributed by atoms with E-state index in [2.05, 4.69) is 17.9 Å². The minimum absolute atomic E-state index is 0.0827. The number of ketones is 1. The van der Waals surface area contributed by atoms with Gasteiger partial charge in [0.1, 0.15) is 0 Å². The molecule has 2 aromatic rings. The molecule has 0 N–H and O–H groups in total. The summed E-state index contributed by atoms with van der Waals surface area (Å²) in [7, 11) is 0. The van der Waals surface area contributed by atoms with E-state index in [4.69, 9.17) is 5.26 Å². The van der Waals surface area contributed by atoms with Crippen LogP contribution in [0.5, 0.6) is 0 Å². The molecule has 0 aliphatic carbocycles. The molecule has 0 saturated carbocycles. The number of benzene rings is 2. The van der Waals surface area contributed by atoms with Gasteiger partial charge < -0.3 is 4.90 Å². The van der Waals surface area contributed by atoms with Crippen molar-refractivity contribution in [3.05, 3.63) is 71.3 Å². The molecular weight excluding hydrogens is 308 g/mol. The first-order chi connectivity index (χ1) is 12.1. The van der Waals surface area contributed by atoms with Crippen LogP contribution >= 0.6 is 0 Å². The van der Waals surface area contributed by atoms with Gasteiger partial charge in [0.2, 0.25) is 0 Å². The predicted octanol–water partition coefficient (Wildman–Crippen LogP) is 4.47. The van der Waals surface area contributed by atoms with E-state index in [-0.39, 0.29) is 5.78 Å². The molecule has 3 rings (SSSR count). The Labute approximate surface area is 150 Å². The van der Waals surface area contributed by atoms with E-state index in [0.29, 0.717) is 5.92 Å². The average Bonchev–Trinajstić information content (AvgIpc) is 2.68. The maximum absolute atomic E-state index is 12.0. The van der Waals surface area contributed by atoms with Crippen molar-refractivity contribution in [1.82, 2.24) is 4.90 Å². The van der Waals surface area contributed by atoms with Crippen molar-refractivity contribution in [1.29, 1.82) is 5.26 Å². The van der Waals surface area contributed by atoms with Crippen LogP contribution < -0.4 is 0 Å². The number of carbonyl (C=O) groups excluding carboxylic acids is 1. The maximum Gasteiger partial charge on any atom is 0.193 e. The molecule has 0 spiro atoms. The maximum atomic E-state index is 12.0. The lowest BCUT2D eigenvalue weighted by Crippen LogP contribution is -2.32. The summed E-state index contributed by atoms with van der Waals surface area (Å²) in [6.07, 6.45) is 2.15. The Kier molecular flexibility index (Phi) is 7.37. The molecule has 1 aliphatic rings. The highest BCUT2D eigenvalue weighted by atomic mass is 16.1. The van der Waals surface area contributed by atoms with Crippen molar-refractivity contribution >= 4 is 5.78 Å². The number of carbonyl (C=O) groups is 1. The molecule has 130 valence electrons. The van der Waals surface area contributed by atoms with E-state index < -0.39 is 0 Å². The van der Waals surface area contributed by atoms with Gasteiger partial charge in [0.05, 0.1) is 6.07 Å². The smallest absolute Gasteiger partial charge is 0.193 e. The molecule has 0 amide bonds. The number of rotatable bonds is 3. The number of hydrogen-bond donors (Lipinski definition) is 0. The van der Waals surface area contributed by atoms with Gasteiger partial charge in [-0.3, -0.25) is 4.79 Å². The van der Waals surface area contributed by atoms with E-state index in [1.165, 1.54) is 0 Å². The highest BCUT2D eigenvalue weighted by Gasteiger charge is 2.16. The van der Waals surface area contributed by atoms with Crippen LogP contribution in [0.3, 0.4) is 0 Å². The monoisotopic (exact) mass is 334 g/mol. The van der Waals surface area contributed by atoms with Gasteiger partial charge in [-0.25, -0.2) is 0 Å². The molecule has 1 aliphatic heterocycles. The lowest BCUT2D eigenvalue weighted by Gasteiger charge is -2.27. The SMILES string of the molecule is CCN1CCC(C#N)CC1.Cc1cccc(C(=O)c2ccccc2)c1. The molecule has 1 fully saturated rings. The van der Waals surface area contributed by atoms with Crippen molar-refractivity contribution in [3.63, 3.8) is 0 Å². The molecular formula is C22H26N2O. The fourth-order valence-electron chi connectivity index (χ4n) is 2.92. The third-order valence-electron chi connectivity index (χ3n) is 4.53. The summed E-state index contributed by atoms with van der Waals surface area (Å²) in [5.41, 5.74) is 2.60. The molecule has 2 aromatic carbocycles. The van der Waals surface area contributed by atoms with Crippen LogP contribution in [-0.4, -0.2) is 30.3 Å². The second kappa shape index (κ2) is 9.76. The summed E-state index contributed by atoms with van der Waals surface area (Å²) < 4.78 is 0. The molecule has 0 unspecified atom stereocenters. The molecule has 1 heterocycles. The number of likely N-dealkylation sites (tertiary alicyclic amines) is 1. The minimum Gasteiger partial charge on any atom is -0.304 e. The molecule has 0 radical (unpaired) electrons. The van der Waals surface area contributed by atoms with Gasteiger partial charge in [-0.2, -0.15) is 5.26 Å². The van der Waals surface area contributed by atoms with E-state index in [9.17, 15) is 4.79 Å². The van der Waals surface area contributed by atoms with Crippen LogP contribution in [0.1, 0.15) is 41.3 Å². The van der Waals surface area contributed by atoms with E-state index in [0.717, 1.165) is 49.2 Å². The van der Waals surface area contributed by atoms with Crippen molar-refractivity contribution in [2.24, 2.45) is 5.92 Å². The van der Waals surface area contributed by atoms with Crippen molar-refractivity contribution in [2.45, 2.75) is 26.7 Å². The first-order valence-corrected chi connectivity index (χ1v) is 8.92. The molecule has 0 aromatic heterocycles. The summed E-state index contributed by atoms with van der Waals surface area (Å²) in [6.45, 7) is 7.54. The lowest BCUT2D eigenvalue weighted by molar-refractivity contribution is 0.103. The first-order valence-electron chi connectivity index (χ1n) is 8.92. The second-order valence-corrected chi connectivity index (χ2v) is 6.40. The third-order valence-corrected chi connectivity index (χ3v) is 4.53. The van der Waals surface area contributed by atoms with Gasteiger partial charge in [-0.05, 0) is 45.5 Å². The molecule has 0 atom stereocenters. The second-order valence-electron chi connectivity index (χ2n) is 6.40. The number of nitrogens with zero attached hydrogens (tertiary/aromatic N) is 2. The van der Waals surface area contributed by atoms with Crippen LogP contribution in [-0.2, 0) is 0 Å². The van der Waals surface area contributed by atoms with Crippen LogP contribution in [0.2, 0.25) is 0 Å². The Bertz CT molecular complexity index is 710. The molecule has 3 nitrogen and oxygen atoms in total. The lowest BCUT2D eigenvalue weighted by atomic mass is 9.99. The quantitative estimate of drug-likeness (QED) is 0.778. The number of piperidine rings is 1. The highest BCUT2D eigenvalue weighted by Crippen LogP contribution is 2.15. The largest absolute Gasteiger partial charge is 0.304 e. The van der Waals surface area contributed by atoms with Crippen LogP contribution in [0, 0.1) is 24.2 Å². The van der Waals surface area contributed by atoms with Crippen LogP contribution in [0.25, 0.3) is 0 Å². The Morgan fingerprint density at radius 1 is 1.08 bits per heavy atom. The number of aryl methyl sites for hydroxylation is 1. The van der Waals surface area contributed by atoms with Crippen molar-refractivity contribution in [3.8, 4) is 6.07 Å². The number of hydrogen-bond acceptors (Lipinski definition) is 3. The van der Waals surface area contributed by atoms with Gasteiger partial charge in [0, 0.05) is 17.0 Å². The summed E-state index contributed by atoms with van der Waals surface area (Å²) in [4.78, 5) is 14.4. The number of nitriles is 1. The van der Waals surface area contributed by atoms with Crippen molar-refractivity contribution in [2.75, 3.05) is 19.6 Å². The predicted molar refractivity (Wildman–Crippen MR) is 102 cm³/mol. The zero-order valence-corrected chi connectivity index (χ0v) is 15.1. The molecule has 0 bridgehead atoms. The average molecular weight is 334 g/mol. The van der Waals surface area contributed by atoms with Crippen molar-refractivity contribution < 1.29 is 4.79 Å². The molecule has 25 heavy (non-hydrogen) atoms. The summed E-state index contributed by atoms with van der Waals surface area (Å²) in [6, 6.07) is 19.3. The minimum atomic E-state index is 0.0827. The molecule has 1 saturated heterocycles. The normalized spacial score (nSPS) is 14.9. The topological polar surface area (TPSA) is 44.1 Å². The van der Waals surface area contributed by atoms with E-state index >= 15 is 0 Å². The fourth-order valence-corrected chi connectivity index (χ4v) is 2.92. The molecule has 3 heteroatoms. The summed E-state index contributed by atoms with van der Waals surface area (Å²) >= 11 is 0. The Morgan fingerprint density at radius 3 is 2.28 bits per heavy atom. The van der Waals surface area contributed by atoms with Gasteiger partial charge >= 0.3 is 0 Å². The first kappa shape index (κ1) is 18.9. The van der Waals surface area contributed by atoms with Crippen LogP contribution in [0.15, 0.2) is 54.6 Å². The van der Waals surface area contributed by atoms with Gasteiger partial charge in [-0.1, -0.05) is 61.0 Å². The fraction of sp³-hybridized carbons (Fsp3) is 0.364. The van der Waals surface area contributed by atoms with Gasteiger partial charge in [0.15, 0.2) is 5.78 Å². The Balaban J connectivity index is 0.000000196. The zero-order valence-electron chi connectivity index (χ0n) is 15.1. The highest BCUT2D eigenvalue weighted by molar-refractivity contribution is 6.09. The van der Waals surface area contributed by atoms with E-state index in [1.54, 1.807) is 0 Å². The third kappa shape index (κ3) is 5.85. The summed E-state index contributed by atoms with van der Waals surface area (Å²) in [5.74, 6) is 0.419. The van der Waals surface area contributed by atoms with Gasteiger partial charge in [0.25, 0.3) is 0 Å². The van der Waals surface area contributed by atoms with E-state index in [1.807, 2.05) is 61.5 Å². The van der Waals surface area contributed by atoms with Crippen LogP contribution in [0.4, 0.5) is 0 Å². The Hall–Kier alpha value is -2.44. The van der Waals surface area contributed by atoms with Gasteiger partial charge in [-0.15, -0.1) is 0 Å². The Morgan fingerprint density at radius 2 is 1.72 bits per heavy atom. The standard InChI is InChI=1S/C14H12O.C8H14N2/c1-11-6-5-9-13(10-11)14(15)12-7-3-2-4-8-12;1-2-10-5-3-8(7-9)4-6-10/h2-10H,1H3;8H,2-6H2,1H3. The summed E-state index contributed by atoms with van der Waals surface area (Å²) in [5, 5.41) is 8.58. The zero-order chi connectivity index (χ0) is 18.1.